The number of carbonyl (C=O) groups excluding carboxylic acids is 2. The SMILES string of the molecule is CCOC(=O)CN(C)C(=O)c1cc(S(C)(=O)=O)ccc1C. The zero-order chi connectivity index (χ0) is 16.2. The van der Waals surface area contributed by atoms with Crippen molar-refractivity contribution in [3.63, 3.8) is 0 Å². The van der Waals surface area contributed by atoms with Crippen LogP contribution in [-0.2, 0) is 19.4 Å². The molecule has 0 aliphatic heterocycles. The summed E-state index contributed by atoms with van der Waals surface area (Å²) in [6, 6.07) is 4.35. The Balaban J connectivity index is 3.04. The van der Waals surface area contributed by atoms with E-state index in [1.54, 1.807) is 19.9 Å². The molecule has 1 rings (SSSR count). The summed E-state index contributed by atoms with van der Waals surface area (Å²) >= 11 is 0. The summed E-state index contributed by atoms with van der Waals surface area (Å²) in [5.41, 5.74) is 0.896. The molecule has 0 saturated heterocycles. The maximum atomic E-state index is 12.3. The number of hydrogen-bond acceptors (Lipinski definition) is 5. The fraction of sp³-hybridized carbons (Fsp3) is 0.429. The molecule has 0 saturated carbocycles. The number of aryl methyl sites for hydroxylation is 1. The van der Waals surface area contributed by atoms with Gasteiger partial charge in [0.05, 0.1) is 11.5 Å². The fourth-order valence-electron chi connectivity index (χ4n) is 1.74. The Bertz CT molecular complexity index is 651. The largest absolute Gasteiger partial charge is 0.465 e. The van der Waals surface area contributed by atoms with Crippen molar-refractivity contribution >= 4 is 21.7 Å². The van der Waals surface area contributed by atoms with Gasteiger partial charge in [-0.05, 0) is 31.5 Å². The van der Waals surface area contributed by atoms with Crippen LogP contribution in [0.2, 0.25) is 0 Å². The van der Waals surface area contributed by atoms with E-state index >= 15 is 0 Å². The van der Waals surface area contributed by atoms with Crippen molar-refractivity contribution in [2.45, 2.75) is 18.7 Å². The van der Waals surface area contributed by atoms with Gasteiger partial charge in [0.2, 0.25) is 0 Å². The van der Waals surface area contributed by atoms with Gasteiger partial charge in [0.25, 0.3) is 5.91 Å². The first-order valence-electron chi connectivity index (χ1n) is 6.38. The number of hydrogen-bond donors (Lipinski definition) is 0. The maximum absolute atomic E-state index is 12.3. The molecule has 0 heterocycles. The van der Waals surface area contributed by atoms with Gasteiger partial charge in [-0.15, -0.1) is 0 Å². The lowest BCUT2D eigenvalue weighted by molar-refractivity contribution is -0.143. The van der Waals surface area contributed by atoms with Gasteiger partial charge < -0.3 is 9.64 Å². The smallest absolute Gasteiger partial charge is 0.325 e. The fourth-order valence-corrected chi connectivity index (χ4v) is 2.39. The van der Waals surface area contributed by atoms with Crippen LogP contribution in [0.4, 0.5) is 0 Å². The second-order valence-electron chi connectivity index (χ2n) is 4.72. The van der Waals surface area contributed by atoms with E-state index in [1.165, 1.54) is 24.1 Å². The molecule has 1 aromatic rings. The minimum atomic E-state index is -3.40. The summed E-state index contributed by atoms with van der Waals surface area (Å²) in [5, 5.41) is 0. The third kappa shape index (κ3) is 4.56. The summed E-state index contributed by atoms with van der Waals surface area (Å²) in [6.45, 7) is 3.44. The molecule has 0 bridgehead atoms. The van der Waals surface area contributed by atoms with E-state index in [-0.39, 0.29) is 23.6 Å². The van der Waals surface area contributed by atoms with Gasteiger partial charge in [0.1, 0.15) is 6.54 Å². The Labute approximate surface area is 124 Å². The highest BCUT2D eigenvalue weighted by Crippen LogP contribution is 2.17. The zero-order valence-electron chi connectivity index (χ0n) is 12.5. The number of sulfone groups is 1. The predicted molar refractivity (Wildman–Crippen MR) is 77.9 cm³/mol. The van der Waals surface area contributed by atoms with Crippen LogP contribution in [0.5, 0.6) is 0 Å². The first-order chi connectivity index (χ1) is 9.66. The first-order valence-corrected chi connectivity index (χ1v) is 8.27. The maximum Gasteiger partial charge on any atom is 0.325 e. The molecule has 0 N–H and O–H groups in total. The van der Waals surface area contributed by atoms with Gasteiger partial charge in [0, 0.05) is 18.9 Å². The highest BCUT2D eigenvalue weighted by Gasteiger charge is 2.19. The third-order valence-corrected chi connectivity index (χ3v) is 4.00. The lowest BCUT2D eigenvalue weighted by Crippen LogP contribution is -2.33. The van der Waals surface area contributed by atoms with E-state index < -0.39 is 21.7 Å². The van der Waals surface area contributed by atoms with Gasteiger partial charge in [0.15, 0.2) is 9.84 Å². The molecule has 1 amide bonds. The number of carbonyl (C=O) groups is 2. The van der Waals surface area contributed by atoms with Crippen LogP contribution >= 0.6 is 0 Å². The molecular formula is C14H19NO5S. The molecule has 0 fully saturated rings. The molecule has 0 spiro atoms. The van der Waals surface area contributed by atoms with Crippen LogP contribution in [0.3, 0.4) is 0 Å². The average Bonchev–Trinajstić information content (AvgIpc) is 2.37. The van der Waals surface area contributed by atoms with Crippen LogP contribution in [0.1, 0.15) is 22.8 Å². The van der Waals surface area contributed by atoms with E-state index in [1.807, 2.05) is 0 Å². The van der Waals surface area contributed by atoms with Crippen molar-refractivity contribution in [3.8, 4) is 0 Å². The number of benzene rings is 1. The Morgan fingerprint density at radius 1 is 1.29 bits per heavy atom. The van der Waals surface area contributed by atoms with Gasteiger partial charge in [-0.25, -0.2) is 8.42 Å². The van der Waals surface area contributed by atoms with Crippen molar-refractivity contribution < 1.29 is 22.7 Å². The number of esters is 1. The molecule has 0 aliphatic carbocycles. The molecule has 0 aliphatic rings. The summed E-state index contributed by atoms with van der Waals surface area (Å²) in [6.07, 6.45) is 1.08. The van der Waals surface area contributed by atoms with E-state index in [9.17, 15) is 18.0 Å². The van der Waals surface area contributed by atoms with Crippen molar-refractivity contribution in [2.24, 2.45) is 0 Å². The van der Waals surface area contributed by atoms with Gasteiger partial charge >= 0.3 is 5.97 Å². The molecule has 6 nitrogen and oxygen atoms in total. The van der Waals surface area contributed by atoms with Gasteiger partial charge in [-0.3, -0.25) is 9.59 Å². The van der Waals surface area contributed by atoms with Crippen molar-refractivity contribution in [3.05, 3.63) is 29.3 Å². The van der Waals surface area contributed by atoms with Crippen LogP contribution in [-0.4, -0.2) is 51.6 Å². The first kappa shape index (κ1) is 17.2. The Morgan fingerprint density at radius 3 is 2.43 bits per heavy atom. The third-order valence-electron chi connectivity index (χ3n) is 2.89. The van der Waals surface area contributed by atoms with E-state index in [0.717, 1.165) is 6.26 Å². The van der Waals surface area contributed by atoms with Crippen LogP contribution in [0.25, 0.3) is 0 Å². The molecule has 21 heavy (non-hydrogen) atoms. The predicted octanol–water partition coefficient (Wildman–Crippen LogP) is 1.03. The lowest BCUT2D eigenvalue weighted by Gasteiger charge is -2.17. The van der Waals surface area contributed by atoms with E-state index in [0.29, 0.717) is 5.56 Å². The van der Waals surface area contributed by atoms with Crippen molar-refractivity contribution in [1.29, 1.82) is 0 Å². The minimum Gasteiger partial charge on any atom is -0.465 e. The highest BCUT2D eigenvalue weighted by atomic mass is 32.2. The number of rotatable bonds is 5. The number of nitrogens with zero attached hydrogens (tertiary/aromatic N) is 1. The summed E-state index contributed by atoms with van der Waals surface area (Å²) in [4.78, 5) is 25.0. The molecular weight excluding hydrogens is 294 g/mol. The average molecular weight is 313 g/mol. The highest BCUT2D eigenvalue weighted by molar-refractivity contribution is 7.90. The standard InChI is InChI=1S/C14H19NO5S/c1-5-20-13(16)9-15(3)14(17)12-8-11(21(4,18)19)7-6-10(12)2/h6-8H,5,9H2,1-4H3. The van der Waals surface area contributed by atoms with Gasteiger partial charge in [-0.2, -0.15) is 0 Å². The normalized spacial score (nSPS) is 11.0. The molecule has 7 heteroatoms. The lowest BCUT2D eigenvalue weighted by atomic mass is 10.1. The number of amides is 1. The molecule has 0 radical (unpaired) electrons. The molecule has 1 aromatic carbocycles. The van der Waals surface area contributed by atoms with E-state index in [4.69, 9.17) is 4.74 Å². The number of ether oxygens (including phenoxy) is 1. The van der Waals surface area contributed by atoms with Crippen LogP contribution in [0.15, 0.2) is 23.1 Å². The molecule has 0 aromatic heterocycles. The summed E-state index contributed by atoms with van der Waals surface area (Å²) in [7, 11) is -1.93. The molecule has 0 atom stereocenters. The Morgan fingerprint density at radius 2 is 1.90 bits per heavy atom. The summed E-state index contributed by atoms with van der Waals surface area (Å²) in [5.74, 6) is -0.934. The monoisotopic (exact) mass is 313 g/mol. The second kappa shape index (κ2) is 6.71. The molecule has 116 valence electrons. The second-order valence-corrected chi connectivity index (χ2v) is 6.73. The number of likely N-dealkylation sites (N-methyl/N-ethyl adjacent to an activating group) is 1. The van der Waals surface area contributed by atoms with Crippen molar-refractivity contribution in [1.82, 2.24) is 4.90 Å². The van der Waals surface area contributed by atoms with Crippen LogP contribution < -0.4 is 0 Å². The van der Waals surface area contributed by atoms with E-state index in [2.05, 4.69) is 0 Å². The summed E-state index contributed by atoms with van der Waals surface area (Å²) < 4.78 is 27.9. The molecule has 0 unspecified atom stereocenters. The minimum absolute atomic E-state index is 0.0704. The quantitative estimate of drug-likeness (QED) is 0.759. The Hall–Kier alpha value is -1.89. The van der Waals surface area contributed by atoms with Crippen LogP contribution in [0, 0.1) is 6.92 Å². The topological polar surface area (TPSA) is 80.8 Å². The van der Waals surface area contributed by atoms with Crippen molar-refractivity contribution in [2.75, 3.05) is 26.5 Å². The van der Waals surface area contributed by atoms with Gasteiger partial charge in [-0.1, -0.05) is 6.07 Å². The zero-order valence-corrected chi connectivity index (χ0v) is 13.4. The Kier molecular flexibility index (Phi) is 5.48.